The summed E-state index contributed by atoms with van der Waals surface area (Å²) in [5.41, 5.74) is 0.603. The van der Waals surface area contributed by atoms with E-state index in [1.54, 1.807) is 30.8 Å². The van der Waals surface area contributed by atoms with Crippen molar-refractivity contribution in [3.8, 4) is 5.75 Å². The zero-order valence-electron chi connectivity index (χ0n) is 12.2. The molecule has 23 heavy (non-hydrogen) atoms. The van der Waals surface area contributed by atoms with Gasteiger partial charge >= 0.3 is 11.8 Å². The number of carbonyl (C=O) groups is 2. The van der Waals surface area contributed by atoms with E-state index in [-0.39, 0.29) is 6.54 Å². The first-order valence-electron chi connectivity index (χ1n) is 6.71. The van der Waals surface area contributed by atoms with Crippen LogP contribution in [0.1, 0.15) is 5.76 Å². The fourth-order valence-corrected chi connectivity index (χ4v) is 2.55. The van der Waals surface area contributed by atoms with Crippen molar-refractivity contribution in [3.05, 3.63) is 41.6 Å². The van der Waals surface area contributed by atoms with Crippen LogP contribution in [-0.4, -0.2) is 23.9 Å². The molecular formula is C15H13N3O4S. The smallest absolute Gasteiger partial charge is 0.315 e. The number of ether oxygens (including phenoxy) is 1. The molecule has 2 heterocycles. The highest BCUT2D eigenvalue weighted by Crippen LogP contribution is 2.28. The van der Waals surface area contributed by atoms with E-state index in [2.05, 4.69) is 15.6 Å². The second-order valence-corrected chi connectivity index (χ2v) is 5.46. The molecule has 7 nitrogen and oxygen atoms in total. The highest BCUT2D eigenvalue weighted by Gasteiger charge is 2.16. The van der Waals surface area contributed by atoms with Gasteiger partial charge in [0.05, 0.1) is 13.7 Å². The number of amides is 2. The fourth-order valence-electron chi connectivity index (χ4n) is 2.02. The number of fused-ring (bicyclic) bond motifs is 1. The molecule has 2 amide bonds. The lowest BCUT2D eigenvalue weighted by molar-refractivity contribution is -0.136. The van der Waals surface area contributed by atoms with Crippen molar-refractivity contribution in [3.63, 3.8) is 0 Å². The second kappa shape index (κ2) is 6.49. The maximum atomic E-state index is 11.8. The van der Waals surface area contributed by atoms with Gasteiger partial charge in [-0.1, -0.05) is 12.1 Å². The summed E-state index contributed by atoms with van der Waals surface area (Å²) in [6.07, 6.45) is 1.54. The maximum absolute atomic E-state index is 11.8. The minimum atomic E-state index is -0.770. The number of thiazole rings is 1. The van der Waals surface area contributed by atoms with Crippen molar-refractivity contribution in [1.29, 1.82) is 0 Å². The molecule has 2 N–H and O–H groups in total. The van der Waals surface area contributed by atoms with Gasteiger partial charge in [0.2, 0.25) is 0 Å². The number of nitrogens with zero attached hydrogens (tertiary/aromatic N) is 1. The van der Waals surface area contributed by atoms with Gasteiger partial charge in [0.1, 0.15) is 5.76 Å². The van der Waals surface area contributed by atoms with Crippen LogP contribution in [0.5, 0.6) is 5.75 Å². The Hall–Kier alpha value is -2.87. The van der Waals surface area contributed by atoms with Gasteiger partial charge in [-0.25, -0.2) is 4.98 Å². The van der Waals surface area contributed by atoms with Crippen molar-refractivity contribution >= 4 is 39.3 Å². The van der Waals surface area contributed by atoms with Crippen LogP contribution in [0, 0.1) is 0 Å². The number of furan rings is 1. The summed E-state index contributed by atoms with van der Waals surface area (Å²) in [6, 6.07) is 7.30. The van der Waals surface area contributed by atoms with Crippen molar-refractivity contribution in [2.45, 2.75) is 6.54 Å². The molecule has 0 radical (unpaired) electrons. The molecule has 118 valence electrons. The van der Waals surface area contributed by atoms with Gasteiger partial charge in [-0.05, 0) is 12.1 Å². The van der Waals surface area contributed by atoms with Gasteiger partial charge in [-0.2, -0.15) is 0 Å². The van der Waals surface area contributed by atoms with E-state index >= 15 is 0 Å². The Bertz CT molecular complexity index is 842. The van der Waals surface area contributed by atoms with Crippen molar-refractivity contribution in [2.24, 2.45) is 0 Å². The molecule has 0 aliphatic rings. The molecule has 0 saturated heterocycles. The summed E-state index contributed by atoms with van der Waals surface area (Å²) in [5, 5.41) is 7.85. The predicted molar refractivity (Wildman–Crippen MR) is 85.4 cm³/mol. The number of para-hydroxylation sites is 1. The van der Waals surface area contributed by atoms with E-state index in [4.69, 9.17) is 9.15 Å². The quantitative estimate of drug-likeness (QED) is 0.715. The lowest BCUT2D eigenvalue weighted by Gasteiger charge is -2.02. The normalized spacial score (nSPS) is 10.5. The molecule has 0 unspecified atom stereocenters. The van der Waals surface area contributed by atoms with Gasteiger partial charge in [-0.3, -0.25) is 14.9 Å². The molecule has 0 spiro atoms. The molecule has 8 heteroatoms. The first-order chi connectivity index (χ1) is 11.2. The largest absolute Gasteiger partial charge is 0.493 e. The van der Waals surface area contributed by atoms with Gasteiger partial charge in [0, 0.05) is 17.0 Å². The summed E-state index contributed by atoms with van der Waals surface area (Å²) in [5.74, 6) is -0.386. The Labute approximate surface area is 135 Å². The highest BCUT2D eigenvalue weighted by atomic mass is 32.1. The lowest BCUT2D eigenvalue weighted by atomic mass is 10.2. The van der Waals surface area contributed by atoms with Crippen LogP contribution in [-0.2, 0) is 16.1 Å². The third-order valence-corrected chi connectivity index (χ3v) is 3.75. The Balaban J connectivity index is 1.63. The number of methoxy groups -OCH3 is 1. The molecule has 3 aromatic rings. The van der Waals surface area contributed by atoms with Crippen LogP contribution in [0.2, 0.25) is 0 Å². The van der Waals surface area contributed by atoms with Crippen LogP contribution < -0.4 is 15.4 Å². The van der Waals surface area contributed by atoms with Crippen LogP contribution in [0.4, 0.5) is 5.13 Å². The third kappa shape index (κ3) is 3.32. The van der Waals surface area contributed by atoms with E-state index in [0.717, 1.165) is 5.39 Å². The minimum absolute atomic E-state index is 0.0992. The van der Waals surface area contributed by atoms with E-state index in [0.29, 0.717) is 22.2 Å². The Morgan fingerprint density at radius 1 is 1.35 bits per heavy atom. The van der Waals surface area contributed by atoms with Gasteiger partial charge in [-0.15, -0.1) is 11.3 Å². The van der Waals surface area contributed by atoms with Crippen LogP contribution in [0.3, 0.4) is 0 Å². The number of anilines is 1. The molecule has 0 bridgehead atoms. The van der Waals surface area contributed by atoms with Gasteiger partial charge in [0.15, 0.2) is 16.5 Å². The number of aromatic nitrogens is 1. The molecule has 0 fully saturated rings. The highest BCUT2D eigenvalue weighted by molar-refractivity contribution is 7.13. The van der Waals surface area contributed by atoms with Crippen LogP contribution in [0.15, 0.2) is 40.3 Å². The maximum Gasteiger partial charge on any atom is 0.315 e. The molecule has 2 aromatic heterocycles. The van der Waals surface area contributed by atoms with Crippen molar-refractivity contribution in [1.82, 2.24) is 10.3 Å². The van der Waals surface area contributed by atoms with Gasteiger partial charge < -0.3 is 14.5 Å². The first-order valence-corrected chi connectivity index (χ1v) is 7.59. The number of carbonyl (C=O) groups excluding carboxylic acids is 2. The standard InChI is InChI=1S/C15H13N3O4S/c1-21-11-4-2-3-9-7-10(22-12(9)11)8-17-13(19)14(20)18-15-16-5-6-23-15/h2-7H,8H2,1H3,(H,17,19)(H,16,18,20). The number of benzene rings is 1. The van der Waals surface area contributed by atoms with Gasteiger partial charge in [0.25, 0.3) is 0 Å². The summed E-state index contributed by atoms with van der Waals surface area (Å²) in [4.78, 5) is 27.3. The third-order valence-electron chi connectivity index (χ3n) is 3.06. The Morgan fingerprint density at radius 3 is 2.96 bits per heavy atom. The topological polar surface area (TPSA) is 93.5 Å². The van der Waals surface area contributed by atoms with E-state index in [1.807, 2.05) is 12.1 Å². The Morgan fingerprint density at radius 2 is 2.22 bits per heavy atom. The summed E-state index contributed by atoms with van der Waals surface area (Å²) in [6.45, 7) is 0.0992. The number of nitrogens with one attached hydrogen (secondary N) is 2. The average molecular weight is 331 g/mol. The zero-order valence-corrected chi connectivity index (χ0v) is 13.0. The molecule has 0 atom stereocenters. The van der Waals surface area contributed by atoms with Crippen molar-refractivity contribution < 1.29 is 18.7 Å². The SMILES string of the molecule is COc1cccc2cc(CNC(=O)C(=O)Nc3nccs3)oc12. The monoisotopic (exact) mass is 331 g/mol. The number of rotatable bonds is 4. The average Bonchev–Trinajstić information content (AvgIpc) is 3.20. The predicted octanol–water partition coefficient (Wildman–Crippen LogP) is 2.15. The first kappa shape index (κ1) is 15.0. The second-order valence-electron chi connectivity index (χ2n) is 4.57. The molecular weight excluding hydrogens is 318 g/mol. The number of hydrogen-bond acceptors (Lipinski definition) is 6. The summed E-state index contributed by atoms with van der Waals surface area (Å²) < 4.78 is 10.9. The lowest BCUT2D eigenvalue weighted by Crippen LogP contribution is -2.34. The minimum Gasteiger partial charge on any atom is -0.493 e. The van der Waals surface area contributed by atoms with E-state index in [9.17, 15) is 9.59 Å². The summed E-state index contributed by atoms with van der Waals surface area (Å²) >= 11 is 1.23. The molecule has 0 saturated carbocycles. The van der Waals surface area contributed by atoms with Crippen molar-refractivity contribution in [2.75, 3.05) is 12.4 Å². The van der Waals surface area contributed by atoms with Crippen LogP contribution in [0.25, 0.3) is 11.0 Å². The molecule has 3 rings (SSSR count). The summed E-state index contributed by atoms with van der Waals surface area (Å²) in [7, 11) is 1.56. The molecule has 1 aromatic carbocycles. The van der Waals surface area contributed by atoms with E-state index in [1.165, 1.54) is 11.3 Å². The van der Waals surface area contributed by atoms with Crippen LogP contribution >= 0.6 is 11.3 Å². The zero-order chi connectivity index (χ0) is 16.2. The Kier molecular flexibility index (Phi) is 4.24. The fraction of sp³-hybridized carbons (Fsp3) is 0.133. The number of hydrogen-bond donors (Lipinski definition) is 2. The molecule has 0 aliphatic carbocycles. The molecule has 0 aliphatic heterocycles. The van der Waals surface area contributed by atoms with E-state index < -0.39 is 11.8 Å².